The zero-order chi connectivity index (χ0) is 20.6. The average molecular weight is 473 g/mol. The van der Waals surface area contributed by atoms with Crippen LogP contribution in [-0.2, 0) is 11.8 Å². The van der Waals surface area contributed by atoms with E-state index < -0.39 is 0 Å². The van der Waals surface area contributed by atoms with Gasteiger partial charge >= 0.3 is 0 Å². The number of nitrogens with zero attached hydrogens (tertiary/aromatic N) is 4. The van der Waals surface area contributed by atoms with Crippen molar-refractivity contribution in [1.82, 2.24) is 40.8 Å². The van der Waals surface area contributed by atoms with Gasteiger partial charge in [0.25, 0.3) is 0 Å². The van der Waals surface area contributed by atoms with Gasteiger partial charge in [-0.05, 0) is 43.0 Å². The van der Waals surface area contributed by atoms with E-state index in [-0.39, 0.29) is 0 Å². The number of thioether (sulfide) groups is 2. The Hall–Kier alpha value is -1.50. The number of hydrogen-bond acceptors (Lipinski definition) is 6. The number of rotatable bonds is 14. The van der Waals surface area contributed by atoms with Crippen LogP contribution >= 0.6 is 48.0 Å². The van der Waals surface area contributed by atoms with Gasteiger partial charge in [-0.3, -0.25) is 9.36 Å². The molecule has 2 aromatic rings. The molecule has 0 amide bonds. The number of aromatic nitrogens is 4. The number of nitrogens with one attached hydrogen (secondary N) is 4. The summed E-state index contributed by atoms with van der Waals surface area (Å²) in [7, 11) is 0. The maximum atomic E-state index is 5.28. The summed E-state index contributed by atoms with van der Waals surface area (Å²) < 4.78 is 3.82. The predicted octanol–water partition coefficient (Wildman–Crippen LogP) is 1.48. The Morgan fingerprint density at radius 3 is 1.59 bits per heavy atom. The Kier molecular flexibility index (Phi) is 12.6. The zero-order valence-corrected chi connectivity index (χ0v) is 19.5. The predicted molar refractivity (Wildman–Crippen MR) is 131 cm³/mol. The lowest BCUT2D eigenvalue weighted by Crippen LogP contribution is -2.40. The number of hydrogen-bond donors (Lipinski definition) is 4. The molecule has 29 heavy (non-hydrogen) atoms. The molecule has 0 aromatic carbocycles. The highest BCUT2D eigenvalue weighted by molar-refractivity contribution is 7.98. The Morgan fingerprint density at radius 1 is 0.724 bits per heavy atom. The van der Waals surface area contributed by atoms with Crippen molar-refractivity contribution >= 4 is 58.2 Å². The first-order chi connectivity index (χ1) is 14.2. The smallest absolute Gasteiger partial charge is 0.166 e. The monoisotopic (exact) mass is 472 g/mol. The van der Waals surface area contributed by atoms with Crippen LogP contribution in [-0.4, -0.2) is 67.5 Å². The minimum atomic E-state index is 0.694. The fourth-order valence-corrected chi connectivity index (χ4v) is 4.00. The van der Waals surface area contributed by atoms with Crippen molar-refractivity contribution in [2.24, 2.45) is 0 Å². The maximum Gasteiger partial charge on any atom is 0.166 e. The molecule has 0 unspecified atom stereocenters. The van der Waals surface area contributed by atoms with E-state index in [0.29, 0.717) is 10.2 Å². The van der Waals surface area contributed by atoms with Gasteiger partial charge in [0, 0.05) is 62.5 Å². The van der Waals surface area contributed by atoms with Crippen LogP contribution < -0.4 is 21.3 Å². The molecule has 0 fully saturated rings. The molecule has 4 N–H and O–H groups in total. The van der Waals surface area contributed by atoms with E-state index in [9.17, 15) is 0 Å². The second kappa shape index (κ2) is 15.4. The molecule has 0 aliphatic heterocycles. The molecule has 0 saturated carbocycles. The second-order valence-electron chi connectivity index (χ2n) is 5.88. The molecule has 160 valence electrons. The summed E-state index contributed by atoms with van der Waals surface area (Å²) in [6.07, 6.45) is 8.44. The Bertz CT molecular complexity index is 619. The Morgan fingerprint density at radius 2 is 1.17 bits per heavy atom. The molecule has 2 rings (SSSR count). The zero-order valence-electron chi connectivity index (χ0n) is 16.2. The Balaban J connectivity index is 1.33. The molecule has 0 bridgehead atoms. The molecule has 0 spiro atoms. The van der Waals surface area contributed by atoms with Crippen molar-refractivity contribution in [3.05, 3.63) is 36.9 Å². The SMILES string of the molecule is S=C(NCCCNC(=S)NCCSCn1cccn1)NCCSCn1cccn1. The Labute approximate surface area is 191 Å². The van der Waals surface area contributed by atoms with Gasteiger partial charge < -0.3 is 21.3 Å². The molecule has 0 saturated heterocycles. The van der Waals surface area contributed by atoms with Gasteiger partial charge in [-0.1, -0.05) is 0 Å². The van der Waals surface area contributed by atoms with Crippen molar-refractivity contribution in [2.75, 3.05) is 37.7 Å². The van der Waals surface area contributed by atoms with E-state index in [1.54, 1.807) is 12.4 Å². The van der Waals surface area contributed by atoms with Crippen LogP contribution in [0.3, 0.4) is 0 Å². The highest BCUT2D eigenvalue weighted by Crippen LogP contribution is 2.02. The minimum absolute atomic E-state index is 0.694. The molecule has 2 heterocycles. The van der Waals surface area contributed by atoms with Gasteiger partial charge in [0.1, 0.15) is 0 Å². The first-order valence-corrected chi connectivity index (χ1v) is 12.5. The van der Waals surface area contributed by atoms with Gasteiger partial charge in [-0.15, -0.1) is 23.5 Å². The fourth-order valence-electron chi connectivity index (χ4n) is 2.16. The summed E-state index contributed by atoms with van der Waals surface area (Å²) in [6, 6.07) is 3.86. The van der Waals surface area contributed by atoms with Crippen LogP contribution in [0.25, 0.3) is 0 Å². The molecule has 0 radical (unpaired) electrons. The van der Waals surface area contributed by atoms with Crippen LogP contribution in [0.2, 0.25) is 0 Å². The summed E-state index contributed by atoms with van der Waals surface area (Å²) in [5.74, 6) is 3.67. The minimum Gasteiger partial charge on any atom is -0.363 e. The third-order valence-electron chi connectivity index (χ3n) is 3.55. The van der Waals surface area contributed by atoms with E-state index in [2.05, 4.69) is 31.5 Å². The van der Waals surface area contributed by atoms with Crippen molar-refractivity contribution < 1.29 is 0 Å². The first kappa shape index (κ1) is 23.8. The molecule has 2 aromatic heterocycles. The summed E-state index contributed by atoms with van der Waals surface area (Å²) >= 11 is 14.2. The number of thiocarbonyl (C=S) groups is 2. The van der Waals surface area contributed by atoms with Gasteiger partial charge in [-0.2, -0.15) is 10.2 Å². The molecule has 0 aliphatic carbocycles. The molecule has 0 atom stereocenters. The lowest BCUT2D eigenvalue weighted by molar-refractivity contribution is 0.725. The van der Waals surface area contributed by atoms with Crippen molar-refractivity contribution in [1.29, 1.82) is 0 Å². The van der Waals surface area contributed by atoms with E-state index >= 15 is 0 Å². The van der Waals surface area contributed by atoms with Crippen LogP contribution in [0.15, 0.2) is 36.9 Å². The van der Waals surface area contributed by atoms with E-state index in [4.69, 9.17) is 24.4 Å². The maximum absolute atomic E-state index is 5.28. The average Bonchev–Trinajstić information content (AvgIpc) is 3.41. The lowest BCUT2D eigenvalue weighted by atomic mass is 10.4. The quantitative estimate of drug-likeness (QED) is 0.240. The topological polar surface area (TPSA) is 83.8 Å². The van der Waals surface area contributed by atoms with Crippen molar-refractivity contribution in [3.63, 3.8) is 0 Å². The highest BCUT2D eigenvalue weighted by atomic mass is 32.2. The summed E-state index contributed by atoms with van der Waals surface area (Å²) in [5.41, 5.74) is 0. The third-order valence-corrected chi connectivity index (χ3v) is 6.01. The molecular weight excluding hydrogens is 445 g/mol. The third kappa shape index (κ3) is 11.9. The standard InChI is InChI=1S/C17H28N8S4/c26-16(20-8-12-28-14-24-10-2-6-22-24)18-4-1-5-19-17(27)21-9-13-29-15-25-11-3-7-23-25/h2-3,6-7,10-11H,1,4-5,8-9,12-15H2,(H2,18,20,26)(H2,19,21,27). The van der Waals surface area contributed by atoms with Crippen LogP contribution in [0.1, 0.15) is 6.42 Å². The summed E-state index contributed by atoms with van der Waals surface area (Å²) in [4.78, 5) is 0. The van der Waals surface area contributed by atoms with Crippen LogP contribution in [0.5, 0.6) is 0 Å². The second-order valence-corrected chi connectivity index (χ2v) is 8.85. The van der Waals surface area contributed by atoms with Crippen molar-refractivity contribution in [2.45, 2.75) is 18.2 Å². The lowest BCUT2D eigenvalue weighted by Gasteiger charge is -2.12. The summed E-state index contributed by atoms with van der Waals surface area (Å²) in [6.45, 7) is 3.29. The largest absolute Gasteiger partial charge is 0.363 e. The van der Waals surface area contributed by atoms with Crippen LogP contribution in [0.4, 0.5) is 0 Å². The normalized spacial score (nSPS) is 10.5. The first-order valence-electron chi connectivity index (χ1n) is 9.38. The van der Waals surface area contributed by atoms with Gasteiger partial charge in [0.15, 0.2) is 10.2 Å². The van der Waals surface area contributed by atoms with Gasteiger partial charge in [-0.25, -0.2) is 0 Å². The van der Waals surface area contributed by atoms with E-state index in [1.807, 2.05) is 57.4 Å². The fraction of sp³-hybridized carbons (Fsp3) is 0.529. The van der Waals surface area contributed by atoms with E-state index in [1.165, 1.54) is 0 Å². The highest BCUT2D eigenvalue weighted by Gasteiger charge is 1.98. The molecule has 0 aliphatic rings. The van der Waals surface area contributed by atoms with Gasteiger partial charge in [0.2, 0.25) is 0 Å². The summed E-state index contributed by atoms with van der Waals surface area (Å²) in [5, 5.41) is 22.6. The molecule has 8 nitrogen and oxygen atoms in total. The van der Waals surface area contributed by atoms with Crippen LogP contribution in [0, 0.1) is 0 Å². The van der Waals surface area contributed by atoms with Crippen molar-refractivity contribution in [3.8, 4) is 0 Å². The van der Waals surface area contributed by atoms with E-state index in [0.717, 1.165) is 55.9 Å². The van der Waals surface area contributed by atoms with Gasteiger partial charge in [0.05, 0.1) is 11.8 Å². The molecule has 12 heteroatoms. The molecular formula is C17H28N8S4.